The van der Waals surface area contributed by atoms with Gasteiger partial charge in [-0.3, -0.25) is 0 Å². The van der Waals surface area contributed by atoms with E-state index < -0.39 is 11.5 Å². The van der Waals surface area contributed by atoms with E-state index in [9.17, 15) is 8.78 Å². The van der Waals surface area contributed by atoms with Crippen LogP contribution in [0.15, 0.2) is 18.3 Å². The lowest BCUT2D eigenvalue weighted by Crippen LogP contribution is -2.44. The first kappa shape index (κ1) is 13.2. The van der Waals surface area contributed by atoms with Gasteiger partial charge in [0.25, 0.3) is 0 Å². The molecule has 18 heavy (non-hydrogen) atoms. The zero-order chi connectivity index (χ0) is 13.4. The quantitative estimate of drug-likeness (QED) is 0.883. The molecule has 1 aliphatic carbocycles. The van der Waals surface area contributed by atoms with Crippen LogP contribution >= 0.6 is 0 Å². The Labute approximate surface area is 106 Å². The fraction of sp³-hybridized carbons (Fsp3) is 0.615. The SMILES string of the molecule is CN(C)c1ncccc1C1(N)CCC(F)(F)CC1. The van der Waals surface area contributed by atoms with Gasteiger partial charge in [0.1, 0.15) is 5.82 Å². The topological polar surface area (TPSA) is 42.2 Å². The van der Waals surface area contributed by atoms with Crippen LogP contribution in [-0.4, -0.2) is 25.0 Å². The number of anilines is 1. The van der Waals surface area contributed by atoms with Gasteiger partial charge in [-0.2, -0.15) is 0 Å². The van der Waals surface area contributed by atoms with Gasteiger partial charge in [0.2, 0.25) is 5.92 Å². The first-order chi connectivity index (χ1) is 8.34. The van der Waals surface area contributed by atoms with Gasteiger partial charge < -0.3 is 10.6 Å². The molecule has 5 heteroatoms. The molecule has 1 aromatic heterocycles. The monoisotopic (exact) mass is 255 g/mol. The summed E-state index contributed by atoms with van der Waals surface area (Å²) in [4.78, 5) is 6.17. The van der Waals surface area contributed by atoms with Gasteiger partial charge in [-0.1, -0.05) is 6.07 Å². The number of rotatable bonds is 2. The summed E-state index contributed by atoms with van der Waals surface area (Å²) < 4.78 is 26.5. The average molecular weight is 255 g/mol. The molecule has 0 bridgehead atoms. The van der Waals surface area contributed by atoms with E-state index >= 15 is 0 Å². The number of nitrogens with zero attached hydrogens (tertiary/aromatic N) is 2. The smallest absolute Gasteiger partial charge is 0.248 e. The molecular weight excluding hydrogens is 236 g/mol. The number of pyridine rings is 1. The molecule has 2 N–H and O–H groups in total. The normalized spacial score (nSPS) is 21.6. The van der Waals surface area contributed by atoms with Gasteiger partial charge in [0.15, 0.2) is 0 Å². The molecule has 0 radical (unpaired) electrons. The predicted octanol–water partition coefficient (Wildman–Crippen LogP) is 2.51. The van der Waals surface area contributed by atoms with Crippen LogP contribution < -0.4 is 10.6 Å². The Morgan fingerprint density at radius 3 is 2.39 bits per heavy atom. The molecule has 0 spiro atoms. The van der Waals surface area contributed by atoms with Crippen LogP contribution in [0.3, 0.4) is 0 Å². The molecule has 1 aromatic rings. The average Bonchev–Trinajstić information content (AvgIpc) is 2.33. The van der Waals surface area contributed by atoms with Gasteiger partial charge >= 0.3 is 0 Å². The molecule has 0 unspecified atom stereocenters. The minimum atomic E-state index is -2.57. The fourth-order valence-electron chi connectivity index (χ4n) is 2.47. The molecule has 1 aliphatic rings. The third-order valence-electron chi connectivity index (χ3n) is 3.62. The first-order valence-electron chi connectivity index (χ1n) is 6.14. The van der Waals surface area contributed by atoms with Crippen molar-refractivity contribution >= 4 is 5.82 Å². The van der Waals surface area contributed by atoms with Crippen molar-refractivity contribution in [3.8, 4) is 0 Å². The van der Waals surface area contributed by atoms with E-state index in [1.807, 2.05) is 31.1 Å². The number of halogens is 2. The van der Waals surface area contributed by atoms with Crippen LogP contribution in [0.5, 0.6) is 0 Å². The van der Waals surface area contributed by atoms with Crippen LogP contribution in [0, 0.1) is 0 Å². The Balaban J connectivity index is 2.31. The molecule has 2 rings (SSSR count). The van der Waals surface area contributed by atoms with E-state index in [1.54, 1.807) is 6.20 Å². The van der Waals surface area contributed by atoms with Crippen LogP contribution in [0.4, 0.5) is 14.6 Å². The van der Waals surface area contributed by atoms with Crippen molar-refractivity contribution in [2.75, 3.05) is 19.0 Å². The van der Waals surface area contributed by atoms with E-state index in [-0.39, 0.29) is 12.8 Å². The van der Waals surface area contributed by atoms with Gasteiger partial charge in [-0.25, -0.2) is 13.8 Å². The highest BCUT2D eigenvalue weighted by atomic mass is 19.3. The summed E-state index contributed by atoms with van der Waals surface area (Å²) in [6.45, 7) is 0. The molecule has 0 aliphatic heterocycles. The second-order valence-corrected chi connectivity index (χ2v) is 5.28. The van der Waals surface area contributed by atoms with Crippen molar-refractivity contribution in [3.63, 3.8) is 0 Å². The Kier molecular flexibility index (Phi) is 3.27. The number of hydrogen-bond donors (Lipinski definition) is 1. The lowest BCUT2D eigenvalue weighted by atomic mass is 9.76. The first-order valence-corrected chi connectivity index (χ1v) is 6.14. The van der Waals surface area contributed by atoms with Gasteiger partial charge in [0, 0.05) is 44.2 Å². The van der Waals surface area contributed by atoms with Crippen molar-refractivity contribution in [2.24, 2.45) is 5.73 Å². The molecule has 100 valence electrons. The van der Waals surface area contributed by atoms with Crippen molar-refractivity contribution in [2.45, 2.75) is 37.1 Å². The summed E-state index contributed by atoms with van der Waals surface area (Å²) in [5.41, 5.74) is 6.52. The maximum atomic E-state index is 13.2. The molecule has 0 saturated heterocycles. The zero-order valence-electron chi connectivity index (χ0n) is 10.8. The summed E-state index contributed by atoms with van der Waals surface area (Å²) in [5, 5.41) is 0. The highest BCUT2D eigenvalue weighted by Gasteiger charge is 2.43. The standard InChI is InChI=1S/C13H19F2N3/c1-18(2)11-10(4-3-9-17-11)12(16)5-7-13(14,15)8-6-12/h3-4,9H,5-8,16H2,1-2H3. The minimum absolute atomic E-state index is 0.148. The molecule has 1 heterocycles. The van der Waals surface area contributed by atoms with Crippen molar-refractivity contribution in [3.05, 3.63) is 23.9 Å². The number of alkyl halides is 2. The van der Waals surface area contributed by atoms with E-state index in [2.05, 4.69) is 4.98 Å². The number of aromatic nitrogens is 1. The van der Waals surface area contributed by atoms with E-state index in [1.165, 1.54) is 0 Å². The summed E-state index contributed by atoms with van der Waals surface area (Å²) in [7, 11) is 3.76. The maximum absolute atomic E-state index is 13.2. The Hall–Kier alpha value is -1.23. The van der Waals surface area contributed by atoms with Crippen molar-refractivity contribution in [1.82, 2.24) is 4.98 Å². The summed E-state index contributed by atoms with van der Waals surface area (Å²) in [5.74, 6) is -1.80. The molecule has 1 fully saturated rings. The zero-order valence-corrected chi connectivity index (χ0v) is 10.8. The second-order valence-electron chi connectivity index (χ2n) is 5.28. The molecule has 0 atom stereocenters. The highest BCUT2D eigenvalue weighted by Crippen LogP contribution is 2.43. The Bertz CT molecular complexity index is 422. The highest BCUT2D eigenvalue weighted by molar-refractivity contribution is 5.49. The van der Waals surface area contributed by atoms with Crippen molar-refractivity contribution < 1.29 is 8.78 Å². The van der Waals surface area contributed by atoms with E-state index in [0.717, 1.165) is 11.4 Å². The number of hydrogen-bond acceptors (Lipinski definition) is 3. The Morgan fingerprint density at radius 1 is 1.22 bits per heavy atom. The van der Waals surface area contributed by atoms with Crippen LogP contribution in [0.2, 0.25) is 0 Å². The van der Waals surface area contributed by atoms with Gasteiger partial charge in [-0.15, -0.1) is 0 Å². The van der Waals surface area contributed by atoms with Crippen LogP contribution in [0.1, 0.15) is 31.2 Å². The summed E-state index contributed by atoms with van der Waals surface area (Å²) >= 11 is 0. The van der Waals surface area contributed by atoms with Crippen LogP contribution in [-0.2, 0) is 5.54 Å². The largest absolute Gasteiger partial charge is 0.362 e. The third kappa shape index (κ3) is 2.46. The lowest BCUT2D eigenvalue weighted by molar-refractivity contribution is -0.0513. The van der Waals surface area contributed by atoms with Crippen LogP contribution in [0.25, 0.3) is 0 Å². The molecule has 0 amide bonds. The third-order valence-corrected chi connectivity index (χ3v) is 3.62. The number of nitrogens with two attached hydrogens (primary N) is 1. The second kappa shape index (κ2) is 4.46. The molecular formula is C13H19F2N3. The predicted molar refractivity (Wildman–Crippen MR) is 67.8 cm³/mol. The maximum Gasteiger partial charge on any atom is 0.248 e. The fourth-order valence-corrected chi connectivity index (χ4v) is 2.47. The van der Waals surface area contributed by atoms with Gasteiger partial charge in [-0.05, 0) is 18.9 Å². The molecule has 0 aromatic carbocycles. The van der Waals surface area contributed by atoms with Gasteiger partial charge in [0.05, 0.1) is 0 Å². The Morgan fingerprint density at radius 2 is 1.83 bits per heavy atom. The summed E-state index contributed by atoms with van der Waals surface area (Å²) in [6.07, 6.45) is 2.00. The van der Waals surface area contributed by atoms with Crippen molar-refractivity contribution in [1.29, 1.82) is 0 Å². The van der Waals surface area contributed by atoms with E-state index in [4.69, 9.17) is 5.73 Å². The minimum Gasteiger partial charge on any atom is -0.362 e. The van der Waals surface area contributed by atoms with E-state index in [0.29, 0.717) is 12.8 Å². The molecule has 1 saturated carbocycles. The summed E-state index contributed by atoms with van der Waals surface area (Å²) in [6, 6.07) is 3.70. The lowest BCUT2D eigenvalue weighted by Gasteiger charge is -2.38. The molecule has 3 nitrogen and oxygen atoms in total.